The van der Waals surface area contributed by atoms with Crippen molar-refractivity contribution in [2.45, 2.75) is 13.5 Å². The molecule has 0 aliphatic rings. The fourth-order valence-corrected chi connectivity index (χ4v) is 1.40. The van der Waals surface area contributed by atoms with Gasteiger partial charge in [0.1, 0.15) is 5.75 Å². The summed E-state index contributed by atoms with van der Waals surface area (Å²) < 4.78 is 1.89. The summed E-state index contributed by atoms with van der Waals surface area (Å²) in [6.45, 7) is 3.57. The molecule has 0 aliphatic carbocycles. The third-order valence-corrected chi connectivity index (χ3v) is 2.16. The second-order valence-corrected chi connectivity index (χ2v) is 3.45. The van der Waals surface area contributed by atoms with Gasteiger partial charge >= 0.3 is 0 Å². The predicted octanol–water partition coefficient (Wildman–Crippen LogP) is 1.83. The largest absolute Gasteiger partial charge is 0.409 e. The third-order valence-electron chi connectivity index (χ3n) is 2.16. The number of nitrogens with one attached hydrogen (secondary N) is 1. The van der Waals surface area contributed by atoms with Crippen LogP contribution in [0.15, 0.2) is 42.7 Å². The second kappa shape index (κ2) is 5.32. The van der Waals surface area contributed by atoms with Crippen LogP contribution in [0.2, 0.25) is 0 Å². The molecule has 0 spiro atoms. The van der Waals surface area contributed by atoms with Crippen LogP contribution in [-0.4, -0.2) is 16.3 Å². The summed E-state index contributed by atoms with van der Waals surface area (Å²) in [5.41, 5.74) is 4.01. The molecule has 84 valence electrons. The fourth-order valence-electron chi connectivity index (χ4n) is 1.40. The molecular formula is C12H15N3O. The minimum Gasteiger partial charge on any atom is -0.409 e. The monoisotopic (exact) mass is 217 g/mol. The van der Waals surface area contributed by atoms with Crippen LogP contribution >= 0.6 is 0 Å². The van der Waals surface area contributed by atoms with E-state index >= 15 is 0 Å². The van der Waals surface area contributed by atoms with E-state index in [0.717, 1.165) is 18.8 Å². The van der Waals surface area contributed by atoms with Crippen LogP contribution in [0, 0.1) is 0 Å². The molecule has 1 heterocycles. The zero-order chi connectivity index (χ0) is 11.2. The zero-order valence-electron chi connectivity index (χ0n) is 9.26. The van der Waals surface area contributed by atoms with Crippen molar-refractivity contribution in [3.8, 4) is 5.75 Å². The van der Waals surface area contributed by atoms with E-state index in [1.807, 2.05) is 48.1 Å². The highest BCUT2D eigenvalue weighted by Gasteiger charge is 1.96. The van der Waals surface area contributed by atoms with Crippen LogP contribution in [0.4, 0.5) is 0 Å². The second-order valence-electron chi connectivity index (χ2n) is 3.45. The topological polar surface area (TPSA) is 39.1 Å². The molecule has 0 atom stereocenters. The smallest absolute Gasteiger partial charge is 0.147 e. The Morgan fingerprint density at radius 1 is 1.31 bits per heavy atom. The van der Waals surface area contributed by atoms with E-state index in [4.69, 9.17) is 4.84 Å². The first-order valence-corrected chi connectivity index (χ1v) is 5.34. The Morgan fingerprint density at radius 3 is 2.75 bits per heavy atom. The van der Waals surface area contributed by atoms with Crippen LogP contribution in [0.5, 0.6) is 5.75 Å². The first kappa shape index (κ1) is 10.7. The normalized spacial score (nSPS) is 10.3. The Bertz CT molecular complexity index is 408. The first-order valence-electron chi connectivity index (χ1n) is 5.34. The number of rotatable bonds is 5. The number of hydrogen-bond acceptors (Lipinski definition) is 3. The van der Waals surface area contributed by atoms with E-state index in [1.54, 1.807) is 6.20 Å². The lowest BCUT2D eigenvalue weighted by atomic mass is 10.2. The van der Waals surface area contributed by atoms with Gasteiger partial charge in [0.25, 0.3) is 0 Å². The Kier molecular flexibility index (Phi) is 3.56. The van der Waals surface area contributed by atoms with Crippen molar-refractivity contribution < 1.29 is 4.84 Å². The molecule has 0 saturated carbocycles. The summed E-state index contributed by atoms with van der Waals surface area (Å²) in [5.74, 6) is 0.825. The van der Waals surface area contributed by atoms with Crippen molar-refractivity contribution in [2.75, 3.05) is 6.54 Å². The lowest BCUT2D eigenvalue weighted by Crippen LogP contribution is -2.17. The van der Waals surface area contributed by atoms with E-state index in [0.29, 0.717) is 0 Å². The summed E-state index contributed by atoms with van der Waals surface area (Å²) in [6.07, 6.45) is 3.73. The lowest BCUT2D eigenvalue weighted by Gasteiger charge is -2.06. The van der Waals surface area contributed by atoms with Crippen molar-refractivity contribution in [2.24, 2.45) is 0 Å². The minimum atomic E-state index is 0.786. The molecule has 0 unspecified atom stereocenters. The van der Waals surface area contributed by atoms with Crippen LogP contribution in [0.1, 0.15) is 12.5 Å². The summed E-state index contributed by atoms with van der Waals surface area (Å²) in [4.78, 5) is 5.27. The van der Waals surface area contributed by atoms with E-state index in [1.165, 1.54) is 5.56 Å². The van der Waals surface area contributed by atoms with E-state index < -0.39 is 0 Å². The van der Waals surface area contributed by atoms with Crippen molar-refractivity contribution in [1.82, 2.24) is 15.3 Å². The van der Waals surface area contributed by atoms with Crippen LogP contribution in [-0.2, 0) is 6.54 Å². The van der Waals surface area contributed by atoms with Gasteiger partial charge in [-0.15, -0.1) is 0 Å². The van der Waals surface area contributed by atoms with Gasteiger partial charge in [-0.2, -0.15) is 10.6 Å². The number of hydrogen-bond donors (Lipinski definition) is 1. The van der Waals surface area contributed by atoms with Crippen molar-refractivity contribution in [3.63, 3.8) is 0 Å². The van der Waals surface area contributed by atoms with Crippen LogP contribution < -0.4 is 10.3 Å². The fraction of sp³-hybridized carbons (Fsp3) is 0.250. The molecule has 1 aromatic heterocycles. The highest BCUT2D eigenvalue weighted by Crippen LogP contribution is 2.11. The molecule has 0 amide bonds. The maximum atomic E-state index is 5.27. The van der Waals surface area contributed by atoms with Gasteiger partial charge in [-0.25, -0.2) is 0 Å². The molecule has 16 heavy (non-hydrogen) atoms. The predicted molar refractivity (Wildman–Crippen MR) is 62.1 cm³/mol. The molecule has 4 heteroatoms. The molecular weight excluding hydrogens is 202 g/mol. The molecule has 0 radical (unpaired) electrons. The van der Waals surface area contributed by atoms with E-state index in [9.17, 15) is 0 Å². The van der Waals surface area contributed by atoms with E-state index in [2.05, 4.69) is 10.6 Å². The molecule has 1 aromatic carbocycles. The Morgan fingerprint density at radius 2 is 2.12 bits per heavy atom. The highest BCUT2D eigenvalue weighted by molar-refractivity contribution is 5.27. The van der Waals surface area contributed by atoms with Gasteiger partial charge in [0.15, 0.2) is 0 Å². The molecule has 0 aliphatic heterocycles. The average Bonchev–Trinajstić information content (AvgIpc) is 2.81. The number of aromatic nitrogens is 2. The van der Waals surface area contributed by atoms with Crippen molar-refractivity contribution in [3.05, 3.63) is 48.3 Å². The molecule has 1 N–H and O–H groups in total. The van der Waals surface area contributed by atoms with Gasteiger partial charge in [-0.05, 0) is 30.7 Å². The molecule has 2 rings (SSSR count). The third kappa shape index (κ3) is 2.84. The number of nitrogens with zero attached hydrogens (tertiary/aromatic N) is 2. The lowest BCUT2D eigenvalue weighted by molar-refractivity contribution is 0.202. The zero-order valence-corrected chi connectivity index (χ0v) is 9.26. The quantitative estimate of drug-likeness (QED) is 0.777. The summed E-state index contributed by atoms with van der Waals surface area (Å²) >= 11 is 0. The van der Waals surface area contributed by atoms with E-state index in [-0.39, 0.29) is 0 Å². The van der Waals surface area contributed by atoms with Gasteiger partial charge in [0, 0.05) is 18.9 Å². The van der Waals surface area contributed by atoms with Gasteiger partial charge in [0.2, 0.25) is 0 Å². The molecule has 2 aromatic rings. The van der Waals surface area contributed by atoms with Gasteiger partial charge < -0.3 is 4.84 Å². The Hall–Kier alpha value is -1.81. The maximum Gasteiger partial charge on any atom is 0.147 e. The average molecular weight is 217 g/mol. The van der Waals surface area contributed by atoms with Gasteiger partial charge in [-0.3, -0.25) is 4.68 Å². The SMILES string of the molecule is CCNOc1ccc(Cn2cccn2)cc1. The number of hydroxylamine groups is 1. The maximum absolute atomic E-state index is 5.27. The Balaban J connectivity index is 1.96. The number of benzene rings is 1. The molecule has 0 saturated heterocycles. The first-order chi connectivity index (χ1) is 7.88. The molecule has 0 bridgehead atoms. The molecule has 4 nitrogen and oxygen atoms in total. The van der Waals surface area contributed by atoms with Crippen molar-refractivity contribution in [1.29, 1.82) is 0 Å². The highest BCUT2D eigenvalue weighted by atomic mass is 16.6. The van der Waals surface area contributed by atoms with Crippen molar-refractivity contribution >= 4 is 0 Å². The van der Waals surface area contributed by atoms with Crippen LogP contribution in [0.3, 0.4) is 0 Å². The summed E-state index contributed by atoms with van der Waals surface area (Å²) in [6, 6.07) is 9.88. The Labute approximate surface area is 94.8 Å². The van der Waals surface area contributed by atoms with Gasteiger partial charge in [-0.1, -0.05) is 12.1 Å². The molecule has 0 fully saturated rings. The van der Waals surface area contributed by atoms with Gasteiger partial charge in [0.05, 0.1) is 6.54 Å². The summed E-state index contributed by atoms with van der Waals surface area (Å²) in [7, 11) is 0. The minimum absolute atomic E-state index is 0.786. The standard InChI is InChI=1S/C12H15N3O/c1-2-14-16-12-6-4-11(5-7-12)10-15-9-3-8-13-15/h3-9,14H,2,10H2,1H3. The summed E-state index contributed by atoms with van der Waals surface area (Å²) in [5, 5.41) is 4.16. The van der Waals surface area contributed by atoms with Crippen LogP contribution in [0.25, 0.3) is 0 Å².